The molecule has 3 heteroatoms. The molecule has 0 saturated carbocycles. The van der Waals surface area contributed by atoms with Crippen LogP contribution in [-0.4, -0.2) is 22.2 Å². The number of carbonyl (C=O) groups is 1. The summed E-state index contributed by atoms with van der Waals surface area (Å²) >= 11 is 0. The van der Waals surface area contributed by atoms with Crippen LogP contribution >= 0.6 is 0 Å². The van der Waals surface area contributed by atoms with Crippen LogP contribution in [0.4, 0.5) is 0 Å². The molecule has 3 rings (SSSR count). The first kappa shape index (κ1) is 10.1. The number of aromatic nitrogens is 1. The third-order valence-electron chi connectivity index (χ3n) is 2.96. The Kier molecular flexibility index (Phi) is 2.20. The Bertz CT molecular complexity index is 659. The quantitative estimate of drug-likeness (QED) is 0.691. The van der Waals surface area contributed by atoms with E-state index in [1.165, 1.54) is 0 Å². The minimum atomic E-state index is -0.483. The second-order valence-electron chi connectivity index (χ2n) is 3.92. The predicted octanol–water partition coefficient (Wildman–Crippen LogP) is 2.43. The van der Waals surface area contributed by atoms with Crippen LogP contribution in [0.3, 0.4) is 0 Å². The van der Waals surface area contributed by atoms with Gasteiger partial charge in [-0.05, 0) is 12.1 Å². The number of hydrogen-bond donors (Lipinski definition) is 1. The molecule has 0 amide bonds. The van der Waals surface area contributed by atoms with E-state index in [1.807, 2.05) is 48.5 Å². The summed E-state index contributed by atoms with van der Waals surface area (Å²) in [6.07, 6.45) is 0. The summed E-state index contributed by atoms with van der Waals surface area (Å²) in [5.74, 6) is -0.303. The molecule has 0 atom stereocenters. The van der Waals surface area contributed by atoms with Gasteiger partial charge < -0.3 is 5.11 Å². The zero-order valence-corrected chi connectivity index (χ0v) is 9.13. The molecule has 0 aliphatic rings. The molecule has 0 bridgehead atoms. The molecule has 2 aromatic carbocycles. The Morgan fingerprint density at radius 2 is 1.41 bits per heavy atom. The van der Waals surface area contributed by atoms with Crippen LogP contribution in [0, 0.1) is 0 Å². The van der Waals surface area contributed by atoms with E-state index >= 15 is 0 Å². The first-order chi connectivity index (χ1) is 8.33. The van der Waals surface area contributed by atoms with Crippen LogP contribution in [-0.2, 0) is 0 Å². The monoisotopic (exact) mass is 225 g/mol. The maximum Gasteiger partial charge on any atom is 0.257 e. The maximum absolute atomic E-state index is 11.8. The van der Waals surface area contributed by atoms with E-state index in [0.717, 1.165) is 21.8 Å². The summed E-state index contributed by atoms with van der Waals surface area (Å²) in [5, 5.41) is 11.1. The van der Waals surface area contributed by atoms with Gasteiger partial charge in [0.1, 0.15) is 6.61 Å². The van der Waals surface area contributed by atoms with Gasteiger partial charge in [0.2, 0.25) is 0 Å². The molecule has 1 N–H and O–H groups in total. The van der Waals surface area contributed by atoms with Crippen LogP contribution in [0.15, 0.2) is 48.5 Å². The van der Waals surface area contributed by atoms with Crippen LogP contribution < -0.4 is 0 Å². The first-order valence-electron chi connectivity index (χ1n) is 5.45. The van der Waals surface area contributed by atoms with Crippen molar-refractivity contribution in [1.82, 2.24) is 4.57 Å². The molecule has 1 heterocycles. The summed E-state index contributed by atoms with van der Waals surface area (Å²) < 4.78 is 1.57. The molecule has 1 aromatic heterocycles. The van der Waals surface area contributed by atoms with Crippen LogP contribution in [0.25, 0.3) is 21.8 Å². The highest BCUT2D eigenvalue weighted by Crippen LogP contribution is 2.28. The van der Waals surface area contributed by atoms with Gasteiger partial charge in [0, 0.05) is 10.8 Å². The molecule has 0 aliphatic heterocycles. The highest BCUT2D eigenvalue weighted by Gasteiger charge is 2.13. The standard InChI is InChI=1S/C14H11NO2/c16-9-14(17)15-12-7-3-1-5-10(12)11-6-2-4-8-13(11)15/h1-8,16H,9H2. The lowest BCUT2D eigenvalue weighted by atomic mass is 10.2. The van der Waals surface area contributed by atoms with Gasteiger partial charge in [0.05, 0.1) is 11.0 Å². The van der Waals surface area contributed by atoms with Gasteiger partial charge in [0.15, 0.2) is 0 Å². The molecule has 0 saturated heterocycles. The lowest BCUT2D eigenvalue weighted by Crippen LogP contribution is -2.13. The molecule has 0 unspecified atom stereocenters. The number of hydrogen-bond acceptors (Lipinski definition) is 2. The van der Waals surface area contributed by atoms with E-state index in [0.29, 0.717) is 0 Å². The fourth-order valence-corrected chi connectivity index (χ4v) is 2.26. The Morgan fingerprint density at radius 1 is 0.941 bits per heavy atom. The van der Waals surface area contributed by atoms with E-state index in [1.54, 1.807) is 4.57 Å². The smallest absolute Gasteiger partial charge is 0.257 e. The van der Waals surface area contributed by atoms with Gasteiger partial charge >= 0.3 is 0 Å². The van der Waals surface area contributed by atoms with Gasteiger partial charge in [-0.2, -0.15) is 0 Å². The highest BCUT2D eigenvalue weighted by atomic mass is 16.3. The number of rotatable bonds is 1. The number of nitrogens with zero attached hydrogens (tertiary/aromatic N) is 1. The van der Waals surface area contributed by atoms with Crippen molar-refractivity contribution in [2.45, 2.75) is 0 Å². The summed E-state index contributed by atoms with van der Waals surface area (Å²) in [5.41, 5.74) is 1.68. The second-order valence-corrected chi connectivity index (χ2v) is 3.92. The normalized spacial score (nSPS) is 11.1. The zero-order chi connectivity index (χ0) is 11.8. The Hall–Kier alpha value is -2.13. The number of aliphatic hydroxyl groups excluding tert-OH is 1. The molecule has 0 spiro atoms. The Labute approximate surface area is 97.9 Å². The van der Waals surface area contributed by atoms with E-state index < -0.39 is 6.61 Å². The minimum Gasteiger partial charge on any atom is -0.387 e. The Balaban J connectivity index is 2.54. The number of carbonyl (C=O) groups excluding carboxylic acids is 1. The third kappa shape index (κ3) is 1.36. The predicted molar refractivity (Wildman–Crippen MR) is 67.2 cm³/mol. The van der Waals surface area contributed by atoms with Crippen molar-refractivity contribution >= 4 is 27.7 Å². The maximum atomic E-state index is 11.8. The summed E-state index contributed by atoms with van der Waals surface area (Å²) in [7, 11) is 0. The average molecular weight is 225 g/mol. The van der Waals surface area contributed by atoms with Crippen LogP contribution in [0.1, 0.15) is 4.79 Å². The van der Waals surface area contributed by atoms with Crippen molar-refractivity contribution in [3.63, 3.8) is 0 Å². The van der Waals surface area contributed by atoms with Gasteiger partial charge in [0.25, 0.3) is 5.91 Å². The minimum absolute atomic E-state index is 0.303. The molecular formula is C14H11NO2. The number of aliphatic hydroxyl groups is 1. The van der Waals surface area contributed by atoms with E-state index in [9.17, 15) is 4.79 Å². The van der Waals surface area contributed by atoms with Crippen LogP contribution in [0.2, 0.25) is 0 Å². The molecular weight excluding hydrogens is 214 g/mol. The third-order valence-corrected chi connectivity index (χ3v) is 2.96. The molecule has 0 radical (unpaired) electrons. The average Bonchev–Trinajstić information content (AvgIpc) is 2.72. The van der Waals surface area contributed by atoms with Gasteiger partial charge in [-0.15, -0.1) is 0 Å². The van der Waals surface area contributed by atoms with E-state index in [2.05, 4.69) is 0 Å². The SMILES string of the molecule is O=C(CO)n1c2ccccc2c2ccccc21. The topological polar surface area (TPSA) is 42.2 Å². The largest absolute Gasteiger partial charge is 0.387 e. The molecule has 0 aliphatic carbocycles. The molecule has 17 heavy (non-hydrogen) atoms. The van der Waals surface area contributed by atoms with E-state index in [-0.39, 0.29) is 5.91 Å². The van der Waals surface area contributed by atoms with Gasteiger partial charge in [-0.3, -0.25) is 9.36 Å². The van der Waals surface area contributed by atoms with Crippen molar-refractivity contribution in [2.75, 3.05) is 6.61 Å². The van der Waals surface area contributed by atoms with Crippen molar-refractivity contribution < 1.29 is 9.90 Å². The molecule has 0 fully saturated rings. The lowest BCUT2D eigenvalue weighted by Gasteiger charge is -2.02. The summed E-state index contributed by atoms with van der Waals surface area (Å²) in [4.78, 5) is 11.8. The number of para-hydroxylation sites is 2. The number of fused-ring (bicyclic) bond motifs is 3. The Morgan fingerprint density at radius 3 is 1.88 bits per heavy atom. The summed E-state index contributed by atoms with van der Waals surface area (Å²) in [6, 6.07) is 15.4. The zero-order valence-electron chi connectivity index (χ0n) is 9.13. The molecule has 3 nitrogen and oxygen atoms in total. The lowest BCUT2D eigenvalue weighted by molar-refractivity contribution is 0.0829. The molecule has 3 aromatic rings. The van der Waals surface area contributed by atoms with E-state index in [4.69, 9.17) is 5.11 Å². The highest BCUT2D eigenvalue weighted by molar-refractivity contribution is 6.13. The van der Waals surface area contributed by atoms with Crippen molar-refractivity contribution in [1.29, 1.82) is 0 Å². The molecule has 84 valence electrons. The fourth-order valence-electron chi connectivity index (χ4n) is 2.26. The van der Waals surface area contributed by atoms with Crippen LogP contribution in [0.5, 0.6) is 0 Å². The van der Waals surface area contributed by atoms with Gasteiger partial charge in [-0.25, -0.2) is 0 Å². The number of benzene rings is 2. The summed E-state index contributed by atoms with van der Waals surface area (Å²) in [6.45, 7) is -0.483. The fraction of sp³-hybridized carbons (Fsp3) is 0.0714. The van der Waals surface area contributed by atoms with Crippen molar-refractivity contribution in [2.24, 2.45) is 0 Å². The second kappa shape index (κ2) is 3.71. The first-order valence-corrected chi connectivity index (χ1v) is 5.45. The van der Waals surface area contributed by atoms with Crippen molar-refractivity contribution in [3.8, 4) is 0 Å². The van der Waals surface area contributed by atoms with Gasteiger partial charge in [-0.1, -0.05) is 36.4 Å². The van der Waals surface area contributed by atoms with Crippen molar-refractivity contribution in [3.05, 3.63) is 48.5 Å².